The van der Waals surface area contributed by atoms with E-state index in [0.29, 0.717) is 19.3 Å². The number of aliphatic hydroxyl groups excluding tert-OH is 5. The fourth-order valence-electron chi connectivity index (χ4n) is 6.98. The van der Waals surface area contributed by atoms with Gasteiger partial charge in [-0.05, 0) is 77.0 Å². The van der Waals surface area contributed by atoms with Crippen LogP contribution in [0.1, 0.15) is 129 Å². The molecule has 11 atom stereocenters. The number of hydrogen-bond donors (Lipinski definition) is 10. The molecule has 0 bridgehead atoms. The first kappa shape index (κ1) is 69.7. The highest BCUT2D eigenvalue weighted by molar-refractivity contribution is 8.00. The third-order valence-corrected chi connectivity index (χ3v) is 14.0. The summed E-state index contributed by atoms with van der Waals surface area (Å²) in [6, 6.07) is -1.33. The van der Waals surface area contributed by atoms with Gasteiger partial charge < -0.3 is 60.5 Å². The van der Waals surface area contributed by atoms with Crippen molar-refractivity contribution in [2.24, 2.45) is 5.73 Å². The van der Waals surface area contributed by atoms with Gasteiger partial charge in [0.05, 0.1) is 12.7 Å². The third-order valence-electron chi connectivity index (χ3n) is 11.1. The molecule has 0 aliphatic heterocycles. The second-order valence-electron chi connectivity index (χ2n) is 17.7. The summed E-state index contributed by atoms with van der Waals surface area (Å²) < 4.78 is 49.9. The van der Waals surface area contributed by atoms with E-state index in [1.165, 1.54) is 25.7 Å². The molecule has 20 nitrogen and oxygen atoms in total. The van der Waals surface area contributed by atoms with Crippen LogP contribution in [0.2, 0.25) is 0 Å². The summed E-state index contributed by atoms with van der Waals surface area (Å²) in [6.45, 7) is 2.53. The number of aliphatic carboxylic acids is 1. The van der Waals surface area contributed by atoms with Crippen LogP contribution in [0.4, 0.5) is 0 Å². The van der Waals surface area contributed by atoms with Crippen molar-refractivity contribution >= 4 is 45.3 Å². The molecule has 23 heteroatoms. The number of unbranched alkanes of at least 4 members (excludes halogenated alkanes) is 7. The average molecular weight is 1120 g/mol. The minimum atomic E-state index is -5.52. The Labute approximate surface area is 447 Å². The number of rotatable bonds is 42. The molecule has 0 spiro atoms. The van der Waals surface area contributed by atoms with Gasteiger partial charge in [0.25, 0.3) is 0 Å². The van der Waals surface area contributed by atoms with Crippen LogP contribution in [0.5, 0.6) is 0 Å². The molecule has 0 radical (unpaired) electrons. The molecule has 1 rings (SSSR count). The van der Waals surface area contributed by atoms with E-state index in [1.807, 2.05) is 42.5 Å². The molecule has 11 N–H and O–H groups in total. The van der Waals surface area contributed by atoms with Crippen molar-refractivity contribution < 1.29 is 91.9 Å². The fourth-order valence-corrected chi connectivity index (χ4v) is 9.64. The largest absolute Gasteiger partial charge is 0.481 e. The number of allylic oxidation sites excluding steroid dienone is 15. The van der Waals surface area contributed by atoms with Gasteiger partial charge >= 0.3 is 33.6 Å². The van der Waals surface area contributed by atoms with Crippen molar-refractivity contribution in [1.29, 1.82) is 0 Å². The molecular weight excluding hydrogens is 1040 g/mol. The maximum atomic E-state index is 13.2. The number of nitrogens with two attached hydrogens (primary N) is 1. The van der Waals surface area contributed by atoms with E-state index in [1.54, 1.807) is 18.2 Å². The van der Waals surface area contributed by atoms with E-state index < -0.39 is 107 Å². The lowest BCUT2D eigenvalue weighted by atomic mass is 9.85. The predicted octanol–water partition coefficient (Wildman–Crippen LogP) is 7.26. The first-order valence-corrected chi connectivity index (χ1v) is 29.8. The Morgan fingerprint density at radius 1 is 0.627 bits per heavy atom. The molecule has 0 aromatic rings. The summed E-state index contributed by atoms with van der Waals surface area (Å²) >= 11 is 1.10. The number of thioether (sulfide) groups is 1. The molecule has 0 amide bonds. The third kappa shape index (κ3) is 34.9. The first-order chi connectivity index (χ1) is 35.7. The SMILES string of the molecule is CCCCC/C=C\C\C=C/C=C/C=C/[C@@H](SC[C@H](N)C(=O)OC[C@H](COP(=O)(O)O[C@H]1[C@H](O)[C@@H](O)[C@H](O)[C@@H](O)[C@H]1OP(=O)(O)O)OC(=O)CCC/C=C\C/C=C\C/C=C\C/C=C\CCCCC)[C@@H](O)CCCC(=O)O. The van der Waals surface area contributed by atoms with Gasteiger partial charge in [0, 0.05) is 23.8 Å². The summed E-state index contributed by atoms with van der Waals surface area (Å²) in [4.78, 5) is 66.7. The van der Waals surface area contributed by atoms with Gasteiger partial charge in [0.15, 0.2) is 6.10 Å². The van der Waals surface area contributed by atoms with Crippen LogP contribution in [0, 0.1) is 0 Å². The lowest BCUT2D eigenvalue weighted by Gasteiger charge is -2.43. The second kappa shape index (κ2) is 41.7. The molecule has 0 aromatic carbocycles. The quantitative estimate of drug-likeness (QED) is 0.00944. The summed E-state index contributed by atoms with van der Waals surface area (Å²) in [5, 5.41) is 60.6. The highest BCUT2D eigenvalue weighted by atomic mass is 32.2. The number of aliphatic hydroxyl groups is 5. The molecular formula is C52H85NO19P2S. The lowest BCUT2D eigenvalue weighted by molar-refractivity contribution is -0.216. The second-order valence-corrected chi connectivity index (χ2v) is 21.5. The van der Waals surface area contributed by atoms with Crippen LogP contribution in [-0.4, -0.2) is 142 Å². The van der Waals surface area contributed by atoms with E-state index in [-0.39, 0.29) is 31.4 Å². The van der Waals surface area contributed by atoms with E-state index >= 15 is 0 Å². The van der Waals surface area contributed by atoms with Gasteiger partial charge in [0.1, 0.15) is 49.3 Å². The van der Waals surface area contributed by atoms with Crippen molar-refractivity contribution in [2.75, 3.05) is 19.0 Å². The molecule has 1 saturated carbocycles. The van der Waals surface area contributed by atoms with Crippen molar-refractivity contribution in [1.82, 2.24) is 0 Å². The Balaban J connectivity index is 3.04. The monoisotopic (exact) mass is 1120 g/mol. The maximum absolute atomic E-state index is 13.2. The van der Waals surface area contributed by atoms with E-state index in [0.717, 1.165) is 56.7 Å². The maximum Gasteiger partial charge on any atom is 0.472 e. The smallest absolute Gasteiger partial charge is 0.472 e. The van der Waals surface area contributed by atoms with Crippen LogP contribution >= 0.6 is 27.4 Å². The summed E-state index contributed by atoms with van der Waals surface area (Å²) in [5.41, 5.74) is 6.17. The zero-order chi connectivity index (χ0) is 55.9. The number of phosphoric acid groups is 2. The van der Waals surface area contributed by atoms with Crippen molar-refractivity contribution in [3.63, 3.8) is 0 Å². The fraction of sp³-hybridized carbons (Fsp3) is 0.635. The van der Waals surface area contributed by atoms with Crippen molar-refractivity contribution in [3.8, 4) is 0 Å². The molecule has 1 unspecified atom stereocenters. The molecule has 75 heavy (non-hydrogen) atoms. The number of hydrogen-bond acceptors (Lipinski definition) is 17. The Bertz CT molecular complexity index is 1940. The Hall–Kier alpha value is -3.34. The molecule has 0 heterocycles. The highest BCUT2D eigenvalue weighted by Crippen LogP contribution is 2.50. The van der Waals surface area contributed by atoms with E-state index in [9.17, 15) is 63.7 Å². The number of phosphoric ester groups is 2. The van der Waals surface area contributed by atoms with Gasteiger partial charge in [-0.15, -0.1) is 11.8 Å². The molecule has 428 valence electrons. The number of ether oxygens (including phenoxy) is 2. The highest BCUT2D eigenvalue weighted by Gasteiger charge is 2.54. The summed E-state index contributed by atoms with van der Waals surface area (Å²) in [7, 11) is -11.0. The molecule has 1 aliphatic carbocycles. The van der Waals surface area contributed by atoms with Crippen LogP contribution in [0.25, 0.3) is 0 Å². The molecule has 1 fully saturated rings. The minimum Gasteiger partial charge on any atom is -0.481 e. The van der Waals surface area contributed by atoms with Gasteiger partial charge in [-0.3, -0.25) is 28.0 Å². The molecule has 0 aromatic heterocycles. The zero-order valence-corrected chi connectivity index (χ0v) is 46.0. The number of carboxylic acid groups (broad SMARTS) is 1. The number of carbonyl (C=O) groups is 3. The van der Waals surface area contributed by atoms with E-state index in [2.05, 4.69) is 54.8 Å². The van der Waals surface area contributed by atoms with Crippen LogP contribution in [0.3, 0.4) is 0 Å². The van der Waals surface area contributed by atoms with Gasteiger partial charge in [0.2, 0.25) is 0 Å². The van der Waals surface area contributed by atoms with Crippen LogP contribution in [-0.2, 0) is 46.6 Å². The van der Waals surface area contributed by atoms with Crippen molar-refractivity contribution in [3.05, 3.63) is 97.2 Å². The molecule has 1 aliphatic rings. The average Bonchev–Trinajstić information content (AvgIpc) is 3.35. The van der Waals surface area contributed by atoms with E-state index in [4.69, 9.17) is 29.4 Å². The Morgan fingerprint density at radius 3 is 1.67 bits per heavy atom. The molecule has 0 saturated heterocycles. The van der Waals surface area contributed by atoms with Gasteiger partial charge in [-0.1, -0.05) is 137 Å². The zero-order valence-electron chi connectivity index (χ0n) is 43.3. The Kier molecular flexibility index (Phi) is 38.8. The lowest BCUT2D eigenvalue weighted by Crippen LogP contribution is -2.64. The normalized spacial score (nSPS) is 22.4. The van der Waals surface area contributed by atoms with Gasteiger partial charge in [-0.2, -0.15) is 0 Å². The minimum absolute atomic E-state index is 0.107. The summed E-state index contributed by atoms with van der Waals surface area (Å²) in [6.07, 6.45) is 28.2. The topological polar surface area (TPSA) is 340 Å². The standard InChI is InChI=1S/C52H85NO19P2S/c1-3-5-7-9-11-13-15-17-18-19-20-21-23-25-27-29-31-36-45(57)70-40(38-69-74(66,67)72-51-49(61)47(59)46(58)48(60)50(51)71-73(63,64)65)37-68-52(62)41(53)39-75-43(42(54)33-32-35-44(55)56)34-30-28-26-24-22-16-14-12-10-8-6-4-2/h11-14,17-18,20-22,24-28,30,34,40-43,46-51,54,58-61H,3-10,15-16,19,23,29,31-33,35-39,53H2,1-2H3,(H,55,56)(H,66,67)(H2,63,64,65)/b13-11-,14-12-,18-17-,21-20-,24-22-,27-25-,28-26+,34-30+/t40-,41+,42+,43-,46+,47+,48-,49-,50-,51+/m1/s1. The summed E-state index contributed by atoms with van der Waals surface area (Å²) in [5.74, 6) is -2.96. The Morgan fingerprint density at radius 2 is 1.13 bits per heavy atom. The predicted molar refractivity (Wildman–Crippen MR) is 288 cm³/mol. The van der Waals surface area contributed by atoms with Gasteiger partial charge in [-0.25, -0.2) is 9.13 Å². The number of esters is 2. The number of carbonyl (C=O) groups excluding carboxylic acids is 2. The van der Waals surface area contributed by atoms with Crippen LogP contribution in [0.15, 0.2) is 97.2 Å². The van der Waals surface area contributed by atoms with Crippen molar-refractivity contribution in [2.45, 2.75) is 190 Å². The number of carboxylic acids is 1. The van der Waals surface area contributed by atoms with Crippen LogP contribution < -0.4 is 5.73 Å². The first-order valence-electron chi connectivity index (χ1n) is 25.7.